The van der Waals surface area contributed by atoms with Crippen molar-refractivity contribution in [3.8, 4) is 0 Å². The van der Waals surface area contributed by atoms with Gasteiger partial charge in [0, 0.05) is 46.7 Å². The SMILES string of the molecule is CCc1cc(CC(NN)C2SCCSC2CC)n(CC)n1. The van der Waals surface area contributed by atoms with Crippen molar-refractivity contribution in [2.45, 2.75) is 63.1 Å². The highest BCUT2D eigenvalue weighted by Gasteiger charge is 2.32. The number of thioether (sulfide) groups is 2. The summed E-state index contributed by atoms with van der Waals surface area (Å²) < 4.78 is 2.13. The molecule has 2 rings (SSSR count). The van der Waals surface area contributed by atoms with Crippen molar-refractivity contribution in [1.29, 1.82) is 0 Å². The molecule has 0 bridgehead atoms. The molecule has 1 aliphatic heterocycles. The maximum Gasteiger partial charge on any atom is 0.0624 e. The lowest BCUT2D eigenvalue weighted by Gasteiger charge is -2.35. The molecule has 0 radical (unpaired) electrons. The predicted octanol–water partition coefficient (Wildman–Crippen LogP) is 2.47. The number of aromatic nitrogens is 2. The third-order valence-corrected chi connectivity index (χ3v) is 7.52. The molecule has 1 aromatic rings. The van der Waals surface area contributed by atoms with Crippen molar-refractivity contribution in [1.82, 2.24) is 15.2 Å². The van der Waals surface area contributed by atoms with Crippen LogP contribution in [0.25, 0.3) is 0 Å². The minimum atomic E-state index is 0.319. The maximum atomic E-state index is 5.90. The Kier molecular flexibility index (Phi) is 6.92. The summed E-state index contributed by atoms with van der Waals surface area (Å²) in [5.41, 5.74) is 5.58. The van der Waals surface area contributed by atoms with Crippen molar-refractivity contribution in [3.05, 3.63) is 17.5 Å². The van der Waals surface area contributed by atoms with Crippen LogP contribution in [0, 0.1) is 0 Å². The number of hydrogen-bond donors (Lipinski definition) is 2. The van der Waals surface area contributed by atoms with Gasteiger partial charge in [0.05, 0.1) is 5.69 Å². The Morgan fingerprint density at radius 3 is 2.76 bits per heavy atom. The Hall–Kier alpha value is -0.170. The Balaban J connectivity index is 2.12. The molecule has 4 nitrogen and oxygen atoms in total. The highest BCUT2D eigenvalue weighted by atomic mass is 32.2. The normalized spacial score (nSPS) is 24.2. The molecule has 2 heterocycles. The third-order valence-electron chi connectivity index (χ3n) is 4.11. The zero-order valence-electron chi connectivity index (χ0n) is 13.3. The summed E-state index contributed by atoms with van der Waals surface area (Å²) in [5.74, 6) is 8.40. The summed E-state index contributed by atoms with van der Waals surface area (Å²) in [6.07, 6.45) is 3.17. The average Bonchev–Trinajstić information content (AvgIpc) is 2.94. The molecule has 1 aliphatic rings. The van der Waals surface area contributed by atoms with Gasteiger partial charge in [0.25, 0.3) is 0 Å². The van der Waals surface area contributed by atoms with Gasteiger partial charge in [0.15, 0.2) is 0 Å². The Bertz CT molecular complexity index is 435. The van der Waals surface area contributed by atoms with Gasteiger partial charge in [0.1, 0.15) is 0 Å². The molecule has 0 saturated carbocycles. The summed E-state index contributed by atoms with van der Waals surface area (Å²) in [6.45, 7) is 7.53. The van der Waals surface area contributed by atoms with Gasteiger partial charge in [-0.25, -0.2) is 0 Å². The summed E-state index contributed by atoms with van der Waals surface area (Å²) in [6, 6.07) is 2.56. The second-order valence-electron chi connectivity index (χ2n) is 5.43. The topological polar surface area (TPSA) is 55.9 Å². The van der Waals surface area contributed by atoms with E-state index in [2.05, 4.69) is 65.6 Å². The summed E-state index contributed by atoms with van der Waals surface area (Å²) in [7, 11) is 0. The molecule has 0 aromatic carbocycles. The minimum Gasteiger partial charge on any atom is -0.271 e. The number of aryl methyl sites for hydroxylation is 2. The van der Waals surface area contributed by atoms with Gasteiger partial charge < -0.3 is 0 Å². The highest BCUT2D eigenvalue weighted by molar-refractivity contribution is 8.07. The number of nitrogens with two attached hydrogens (primary N) is 1. The molecule has 1 saturated heterocycles. The molecule has 1 fully saturated rings. The second kappa shape index (κ2) is 8.46. The Morgan fingerprint density at radius 1 is 1.38 bits per heavy atom. The van der Waals surface area contributed by atoms with Crippen molar-refractivity contribution >= 4 is 23.5 Å². The second-order valence-corrected chi connectivity index (χ2v) is 8.06. The molecule has 3 unspecified atom stereocenters. The Morgan fingerprint density at radius 2 is 2.14 bits per heavy atom. The van der Waals surface area contributed by atoms with E-state index in [1.54, 1.807) is 0 Å². The first-order valence-corrected chi connectivity index (χ1v) is 10.1. The van der Waals surface area contributed by atoms with Crippen LogP contribution in [-0.2, 0) is 19.4 Å². The third kappa shape index (κ3) is 4.18. The number of nitrogens with zero attached hydrogens (tertiary/aromatic N) is 2. The van der Waals surface area contributed by atoms with Crippen LogP contribution in [0.15, 0.2) is 6.07 Å². The first-order chi connectivity index (χ1) is 10.2. The summed E-state index contributed by atoms with van der Waals surface area (Å²) in [5, 5.41) is 5.94. The number of nitrogens with one attached hydrogen (secondary N) is 1. The molecule has 6 heteroatoms. The van der Waals surface area contributed by atoms with Gasteiger partial charge in [-0.2, -0.15) is 28.6 Å². The molecule has 3 atom stereocenters. The zero-order chi connectivity index (χ0) is 15.2. The molecular formula is C15H28N4S2. The van der Waals surface area contributed by atoms with E-state index in [9.17, 15) is 0 Å². The molecule has 3 N–H and O–H groups in total. The van der Waals surface area contributed by atoms with E-state index in [0.29, 0.717) is 16.5 Å². The van der Waals surface area contributed by atoms with Crippen molar-refractivity contribution < 1.29 is 0 Å². The monoisotopic (exact) mass is 328 g/mol. The van der Waals surface area contributed by atoms with Crippen LogP contribution in [0.1, 0.15) is 38.6 Å². The van der Waals surface area contributed by atoms with Gasteiger partial charge in [-0.3, -0.25) is 16.0 Å². The fourth-order valence-corrected chi connectivity index (χ4v) is 6.18. The summed E-state index contributed by atoms with van der Waals surface area (Å²) in [4.78, 5) is 0. The van der Waals surface area contributed by atoms with Crippen LogP contribution in [0.4, 0.5) is 0 Å². The van der Waals surface area contributed by atoms with E-state index in [4.69, 9.17) is 5.84 Å². The molecule has 120 valence electrons. The molecule has 1 aromatic heterocycles. The van der Waals surface area contributed by atoms with Crippen LogP contribution in [-0.4, -0.2) is 37.8 Å². The smallest absolute Gasteiger partial charge is 0.0624 e. The molecule has 0 amide bonds. The lowest BCUT2D eigenvalue weighted by Crippen LogP contribution is -2.49. The number of rotatable bonds is 7. The fraction of sp³-hybridized carbons (Fsp3) is 0.800. The van der Waals surface area contributed by atoms with Gasteiger partial charge in [-0.05, 0) is 25.8 Å². The first kappa shape index (κ1) is 17.2. The van der Waals surface area contributed by atoms with Crippen molar-refractivity contribution in [3.63, 3.8) is 0 Å². The summed E-state index contributed by atoms with van der Waals surface area (Å²) >= 11 is 4.19. The van der Waals surface area contributed by atoms with Crippen LogP contribution in [0.5, 0.6) is 0 Å². The van der Waals surface area contributed by atoms with E-state index in [1.165, 1.54) is 29.3 Å². The maximum absolute atomic E-state index is 5.90. The van der Waals surface area contributed by atoms with E-state index in [1.807, 2.05) is 0 Å². The Labute approximate surface area is 137 Å². The van der Waals surface area contributed by atoms with Crippen LogP contribution in [0.2, 0.25) is 0 Å². The van der Waals surface area contributed by atoms with Gasteiger partial charge >= 0.3 is 0 Å². The zero-order valence-corrected chi connectivity index (χ0v) is 15.0. The van der Waals surface area contributed by atoms with Gasteiger partial charge in [-0.15, -0.1) is 0 Å². The molecule has 21 heavy (non-hydrogen) atoms. The van der Waals surface area contributed by atoms with Gasteiger partial charge in [-0.1, -0.05) is 13.8 Å². The van der Waals surface area contributed by atoms with Crippen LogP contribution in [0.3, 0.4) is 0 Å². The van der Waals surface area contributed by atoms with Crippen molar-refractivity contribution in [2.24, 2.45) is 5.84 Å². The standard InChI is InChI=1S/C15H28N4S2/c1-4-11-9-12(19(6-3)18-11)10-13(17-16)15-14(5-2)20-7-8-21-15/h9,13-15,17H,4-8,10,16H2,1-3H3. The molecular weight excluding hydrogens is 300 g/mol. The van der Waals surface area contributed by atoms with E-state index in [-0.39, 0.29) is 0 Å². The van der Waals surface area contributed by atoms with E-state index >= 15 is 0 Å². The predicted molar refractivity (Wildman–Crippen MR) is 94.9 cm³/mol. The van der Waals surface area contributed by atoms with Crippen LogP contribution < -0.4 is 11.3 Å². The quantitative estimate of drug-likeness (QED) is 0.595. The largest absolute Gasteiger partial charge is 0.271 e. The average molecular weight is 329 g/mol. The number of hydrogen-bond acceptors (Lipinski definition) is 5. The van der Waals surface area contributed by atoms with E-state index < -0.39 is 0 Å². The van der Waals surface area contributed by atoms with Crippen LogP contribution >= 0.6 is 23.5 Å². The number of hydrazine groups is 1. The molecule has 0 aliphatic carbocycles. The lowest BCUT2D eigenvalue weighted by atomic mass is 10.0. The van der Waals surface area contributed by atoms with Gasteiger partial charge in [0.2, 0.25) is 0 Å². The fourth-order valence-electron chi connectivity index (χ4n) is 2.93. The highest BCUT2D eigenvalue weighted by Crippen LogP contribution is 2.35. The lowest BCUT2D eigenvalue weighted by molar-refractivity contribution is 0.471. The minimum absolute atomic E-state index is 0.319. The first-order valence-electron chi connectivity index (χ1n) is 7.98. The van der Waals surface area contributed by atoms with Crippen molar-refractivity contribution in [2.75, 3.05) is 11.5 Å². The molecule has 0 spiro atoms. The van der Waals surface area contributed by atoms with E-state index in [0.717, 1.165) is 19.4 Å².